The lowest BCUT2D eigenvalue weighted by atomic mass is 9.76. The number of aliphatic hydroxyl groups is 2. The second-order valence-corrected chi connectivity index (χ2v) is 15.7. The lowest BCUT2D eigenvalue weighted by Crippen LogP contribution is -2.28. The number of hydrogen-bond donors (Lipinski definition) is 2. The van der Waals surface area contributed by atoms with Gasteiger partial charge in [0.25, 0.3) is 0 Å². The molecule has 6 heteroatoms. The van der Waals surface area contributed by atoms with Crippen LogP contribution >= 0.6 is 0 Å². The van der Waals surface area contributed by atoms with E-state index in [0.717, 1.165) is 75.4 Å². The lowest BCUT2D eigenvalue weighted by Gasteiger charge is -2.34. The van der Waals surface area contributed by atoms with Gasteiger partial charge in [-0.3, -0.25) is 0 Å². The first-order valence-corrected chi connectivity index (χ1v) is 19.8. The predicted molar refractivity (Wildman–Crippen MR) is 182 cm³/mol. The van der Waals surface area contributed by atoms with Crippen molar-refractivity contribution in [3.8, 4) is 0 Å². The van der Waals surface area contributed by atoms with Gasteiger partial charge in [0.15, 0.2) is 12.6 Å². The fourth-order valence-electron chi connectivity index (χ4n) is 8.92. The molecule has 0 aromatic rings. The molecular formula is C39H72O6. The zero-order valence-electron chi connectivity index (χ0n) is 29.4. The molecule has 0 amide bonds. The van der Waals surface area contributed by atoms with E-state index in [2.05, 4.69) is 13.8 Å². The number of unbranched alkanes of at least 4 members (excludes halogenated alkanes) is 6. The molecule has 0 aliphatic heterocycles. The summed E-state index contributed by atoms with van der Waals surface area (Å²) in [5.41, 5.74) is 0. The Bertz CT molecular complexity index is 657. The van der Waals surface area contributed by atoms with Crippen LogP contribution in [0.25, 0.3) is 0 Å². The average molecular weight is 637 g/mol. The van der Waals surface area contributed by atoms with E-state index in [9.17, 15) is 10.2 Å². The van der Waals surface area contributed by atoms with E-state index < -0.39 is 0 Å². The van der Waals surface area contributed by atoms with E-state index in [4.69, 9.17) is 18.9 Å². The molecule has 0 aromatic heterocycles. The molecule has 2 unspecified atom stereocenters. The summed E-state index contributed by atoms with van der Waals surface area (Å²) in [7, 11) is 0. The van der Waals surface area contributed by atoms with Crippen LogP contribution in [-0.4, -0.2) is 60.4 Å². The van der Waals surface area contributed by atoms with E-state index in [1.54, 1.807) is 0 Å². The van der Waals surface area contributed by atoms with Crippen molar-refractivity contribution in [1.29, 1.82) is 0 Å². The SMILES string of the molecule is CC(OCCCCCCCCCOC(C)OC1CCC(CC2CCC(O)CC2)CC1)OC1CCC(CC2CCC(O)CC2)CC1. The summed E-state index contributed by atoms with van der Waals surface area (Å²) in [6.45, 7) is 5.76. The van der Waals surface area contributed by atoms with Gasteiger partial charge in [0.1, 0.15) is 0 Å². The maximum absolute atomic E-state index is 9.75. The van der Waals surface area contributed by atoms with Crippen LogP contribution in [0.1, 0.15) is 174 Å². The van der Waals surface area contributed by atoms with Crippen LogP contribution in [0.4, 0.5) is 0 Å². The minimum atomic E-state index is -0.0874. The number of aliphatic hydroxyl groups excluding tert-OH is 2. The normalized spacial score (nSPS) is 34.4. The zero-order chi connectivity index (χ0) is 31.7. The average Bonchev–Trinajstić information content (AvgIpc) is 3.04. The van der Waals surface area contributed by atoms with Gasteiger partial charge in [-0.05, 0) is 166 Å². The molecule has 45 heavy (non-hydrogen) atoms. The number of hydrogen-bond acceptors (Lipinski definition) is 6. The van der Waals surface area contributed by atoms with Crippen LogP contribution < -0.4 is 0 Å². The molecule has 0 radical (unpaired) electrons. The number of ether oxygens (including phenoxy) is 4. The first-order valence-electron chi connectivity index (χ1n) is 19.8. The Hall–Kier alpha value is -0.240. The van der Waals surface area contributed by atoms with Crippen LogP contribution in [0.15, 0.2) is 0 Å². The molecule has 4 aliphatic carbocycles. The van der Waals surface area contributed by atoms with Crippen molar-refractivity contribution in [3.05, 3.63) is 0 Å². The summed E-state index contributed by atoms with van der Waals surface area (Å²) >= 11 is 0. The standard InChI is InChI=1S/C39H72O6/c1-30(44-38-22-14-34(15-23-38)28-32-10-18-36(40)19-11-32)42-26-8-6-4-3-5-7-9-27-43-31(2)45-39-24-16-35(17-25-39)29-33-12-20-37(41)21-13-33/h30-41H,3-29H2,1-2H3. The van der Waals surface area contributed by atoms with Crippen molar-refractivity contribution in [3.63, 3.8) is 0 Å². The van der Waals surface area contributed by atoms with Crippen molar-refractivity contribution >= 4 is 0 Å². The van der Waals surface area contributed by atoms with Crippen molar-refractivity contribution in [2.75, 3.05) is 13.2 Å². The fourth-order valence-corrected chi connectivity index (χ4v) is 8.92. The van der Waals surface area contributed by atoms with E-state index in [1.807, 2.05) is 0 Å². The third kappa shape index (κ3) is 15.7. The summed E-state index contributed by atoms with van der Waals surface area (Å²) in [6.07, 6.45) is 30.7. The second-order valence-electron chi connectivity index (χ2n) is 15.7. The smallest absolute Gasteiger partial charge is 0.155 e. The quantitative estimate of drug-likeness (QED) is 0.102. The highest BCUT2D eigenvalue weighted by Gasteiger charge is 2.29. The molecule has 2 atom stereocenters. The summed E-state index contributed by atoms with van der Waals surface area (Å²) < 4.78 is 24.5. The van der Waals surface area contributed by atoms with E-state index in [0.29, 0.717) is 12.2 Å². The van der Waals surface area contributed by atoms with Crippen molar-refractivity contribution in [2.45, 2.75) is 211 Å². The van der Waals surface area contributed by atoms with Gasteiger partial charge in [0.2, 0.25) is 0 Å². The highest BCUT2D eigenvalue weighted by Crippen LogP contribution is 2.37. The third-order valence-corrected chi connectivity index (χ3v) is 11.8. The molecular weight excluding hydrogens is 564 g/mol. The van der Waals surface area contributed by atoms with Crippen LogP contribution in [0, 0.1) is 23.7 Å². The van der Waals surface area contributed by atoms with Gasteiger partial charge in [-0.15, -0.1) is 0 Å². The Morgan fingerprint density at radius 1 is 0.422 bits per heavy atom. The van der Waals surface area contributed by atoms with Crippen LogP contribution in [0.2, 0.25) is 0 Å². The van der Waals surface area contributed by atoms with Crippen LogP contribution in [-0.2, 0) is 18.9 Å². The fraction of sp³-hybridized carbons (Fsp3) is 1.00. The number of rotatable bonds is 20. The molecule has 4 aliphatic rings. The van der Waals surface area contributed by atoms with Crippen molar-refractivity contribution < 1.29 is 29.2 Å². The van der Waals surface area contributed by atoms with Crippen LogP contribution in [0.3, 0.4) is 0 Å². The van der Waals surface area contributed by atoms with E-state index in [-0.39, 0.29) is 24.8 Å². The monoisotopic (exact) mass is 637 g/mol. The Morgan fingerprint density at radius 3 is 1.04 bits per heavy atom. The molecule has 0 heterocycles. The van der Waals surface area contributed by atoms with Gasteiger partial charge >= 0.3 is 0 Å². The second kappa shape index (κ2) is 21.7. The molecule has 4 rings (SSSR count). The minimum Gasteiger partial charge on any atom is -0.393 e. The molecule has 0 saturated heterocycles. The molecule has 6 nitrogen and oxygen atoms in total. The van der Waals surface area contributed by atoms with E-state index >= 15 is 0 Å². The summed E-state index contributed by atoms with van der Waals surface area (Å²) in [5, 5.41) is 19.5. The molecule has 0 bridgehead atoms. The maximum Gasteiger partial charge on any atom is 0.155 e. The Kier molecular flexibility index (Phi) is 18.1. The predicted octanol–water partition coefficient (Wildman–Crippen LogP) is 9.48. The molecule has 264 valence electrons. The molecule has 0 aromatic carbocycles. The summed E-state index contributed by atoms with van der Waals surface area (Å²) in [4.78, 5) is 0. The first kappa shape index (κ1) is 37.6. The van der Waals surface area contributed by atoms with Gasteiger partial charge in [-0.25, -0.2) is 0 Å². The maximum atomic E-state index is 9.75. The van der Waals surface area contributed by atoms with E-state index in [1.165, 1.54) is 122 Å². The zero-order valence-corrected chi connectivity index (χ0v) is 29.4. The Labute approximate surface area is 277 Å². The highest BCUT2D eigenvalue weighted by atomic mass is 16.7. The summed E-state index contributed by atoms with van der Waals surface area (Å²) in [6, 6.07) is 0. The van der Waals surface area contributed by atoms with Gasteiger partial charge in [-0.1, -0.05) is 32.1 Å². The van der Waals surface area contributed by atoms with Gasteiger partial charge in [0, 0.05) is 13.2 Å². The first-order chi connectivity index (χ1) is 21.9. The Balaban J connectivity index is 0.879. The van der Waals surface area contributed by atoms with Gasteiger partial charge in [0.05, 0.1) is 24.4 Å². The molecule has 2 N–H and O–H groups in total. The highest BCUT2D eigenvalue weighted by molar-refractivity contribution is 4.80. The van der Waals surface area contributed by atoms with Crippen molar-refractivity contribution in [2.24, 2.45) is 23.7 Å². The molecule has 4 saturated carbocycles. The topological polar surface area (TPSA) is 77.4 Å². The van der Waals surface area contributed by atoms with Crippen molar-refractivity contribution in [1.82, 2.24) is 0 Å². The van der Waals surface area contributed by atoms with Gasteiger partial charge in [-0.2, -0.15) is 0 Å². The summed E-state index contributed by atoms with van der Waals surface area (Å²) in [5.74, 6) is 3.41. The van der Waals surface area contributed by atoms with Crippen LogP contribution in [0.5, 0.6) is 0 Å². The Morgan fingerprint density at radius 2 is 0.711 bits per heavy atom. The largest absolute Gasteiger partial charge is 0.393 e. The molecule has 4 fully saturated rings. The lowest BCUT2D eigenvalue weighted by molar-refractivity contribution is -0.169. The van der Waals surface area contributed by atoms with Gasteiger partial charge < -0.3 is 29.2 Å². The third-order valence-electron chi connectivity index (χ3n) is 11.8. The molecule has 0 spiro atoms. The minimum absolute atomic E-state index is 0.0346.